The van der Waals surface area contributed by atoms with Crippen LogP contribution in [0.25, 0.3) is 0 Å². The topological polar surface area (TPSA) is 144 Å². The quantitative estimate of drug-likeness (QED) is 0.427. The van der Waals surface area contributed by atoms with E-state index in [-0.39, 0.29) is 5.95 Å². The molecule has 108 valence electrons. The van der Waals surface area contributed by atoms with Crippen molar-refractivity contribution in [2.45, 2.75) is 31.0 Å². The summed E-state index contributed by atoms with van der Waals surface area (Å²) in [5, 5.41) is 29.6. The van der Waals surface area contributed by atoms with Crippen molar-refractivity contribution in [3.63, 3.8) is 0 Å². The van der Waals surface area contributed by atoms with Crippen LogP contribution in [0.2, 0.25) is 0 Å². The van der Waals surface area contributed by atoms with Gasteiger partial charge in [-0.15, -0.1) is 5.92 Å². The third-order valence-electron chi connectivity index (χ3n) is 2.99. The van der Waals surface area contributed by atoms with E-state index in [9.17, 15) is 15.0 Å². The molecule has 0 saturated carbocycles. The molecule has 0 radical (unpaired) electrons. The number of aromatic nitrogens is 3. The number of nitrogens with zero attached hydrogens (tertiary/aromatic N) is 3. The average molecular weight is 282 g/mol. The van der Waals surface area contributed by atoms with Crippen LogP contribution in [0.15, 0.2) is 11.1 Å². The fraction of sp³-hybridized carbons (Fsp3) is 0.545. The highest BCUT2D eigenvalue weighted by Crippen LogP contribution is 2.37. The molecule has 0 aliphatic carbocycles. The molecular weight excluding hydrogens is 268 g/mol. The zero-order chi connectivity index (χ0) is 14.9. The van der Waals surface area contributed by atoms with Crippen LogP contribution in [0.3, 0.4) is 0 Å². The van der Waals surface area contributed by atoms with Gasteiger partial charge in [0.15, 0.2) is 11.8 Å². The van der Waals surface area contributed by atoms with Gasteiger partial charge in [-0.2, -0.15) is 4.98 Å². The zero-order valence-corrected chi connectivity index (χ0v) is 10.6. The van der Waals surface area contributed by atoms with Gasteiger partial charge in [0.05, 0.1) is 6.61 Å². The third-order valence-corrected chi connectivity index (χ3v) is 2.99. The van der Waals surface area contributed by atoms with E-state index >= 15 is 0 Å². The number of nitrogens with two attached hydrogens (primary N) is 1. The van der Waals surface area contributed by atoms with Crippen molar-refractivity contribution in [3.05, 3.63) is 16.8 Å². The van der Waals surface area contributed by atoms with E-state index in [0.29, 0.717) is 0 Å². The largest absolute Gasteiger partial charge is 0.394 e. The van der Waals surface area contributed by atoms with E-state index in [1.54, 1.807) is 0 Å². The number of hydrogen-bond acceptors (Lipinski definition) is 8. The molecule has 9 heteroatoms. The standard InChI is InChI=1S/C11H14N4O5/c1-2-3-11(19)7(17)6(4-16)20-8(11)15-5-13-9(12)14-10(15)18/h5-8,16-17,19H,4H2,1H3,(H2,12,14,18)/t6?,7-,8?,11?/m0/s1. The lowest BCUT2D eigenvalue weighted by Gasteiger charge is -2.26. The van der Waals surface area contributed by atoms with Crippen LogP contribution in [0.1, 0.15) is 13.2 Å². The molecule has 1 aliphatic heterocycles. The molecule has 4 atom stereocenters. The van der Waals surface area contributed by atoms with Crippen molar-refractivity contribution < 1.29 is 20.1 Å². The van der Waals surface area contributed by atoms with Gasteiger partial charge in [-0.25, -0.2) is 9.78 Å². The molecule has 0 amide bonds. The number of nitrogen functional groups attached to an aromatic ring is 1. The lowest BCUT2D eigenvalue weighted by Crippen LogP contribution is -2.47. The summed E-state index contributed by atoms with van der Waals surface area (Å²) < 4.78 is 6.15. The van der Waals surface area contributed by atoms with Crippen molar-refractivity contribution in [1.82, 2.24) is 14.5 Å². The molecule has 1 aliphatic rings. The first-order valence-corrected chi connectivity index (χ1v) is 5.75. The van der Waals surface area contributed by atoms with E-state index in [2.05, 4.69) is 21.8 Å². The van der Waals surface area contributed by atoms with Gasteiger partial charge in [-0.1, -0.05) is 5.92 Å². The second-order valence-corrected chi connectivity index (χ2v) is 4.26. The van der Waals surface area contributed by atoms with E-state index in [1.807, 2.05) is 0 Å². The summed E-state index contributed by atoms with van der Waals surface area (Å²) in [6, 6.07) is 0. The van der Waals surface area contributed by atoms with E-state index in [4.69, 9.17) is 15.6 Å². The van der Waals surface area contributed by atoms with Gasteiger partial charge in [0.1, 0.15) is 18.5 Å². The summed E-state index contributed by atoms with van der Waals surface area (Å²) in [5.74, 6) is 4.62. The highest BCUT2D eigenvalue weighted by atomic mass is 16.6. The lowest BCUT2D eigenvalue weighted by molar-refractivity contribution is -0.0769. The summed E-state index contributed by atoms with van der Waals surface area (Å²) in [4.78, 5) is 18.8. The molecule has 1 aromatic rings. The molecule has 1 fully saturated rings. The van der Waals surface area contributed by atoms with Crippen LogP contribution in [-0.4, -0.2) is 54.3 Å². The van der Waals surface area contributed by atoms with Crippen LogP contribution in [0.4, 0.5) is 5.95 Å². The minimum Gasteiger partial charge on any atom is -0.394 e. The predicted octanol–water partition coefficient (Wildman–Crippen LogP) is -2.77. The molecule has 2 rings (SSSR count). The SMILES string of the molecule is CC#CC1(O)C(n2cnc(N)nc2=O)OC(CO)[C@@H]1O. The fourth-order valence-electron chi connectivity index (χ4n) is 2.05. The van der Waals surface area contributed by atoms with Crippen molar-refractivity contribution in [1.29, 1.82) is 0 Å². The predicted molar refractivity (Wildman–Crippen MR) is 66.1 cm³/mol. The Hall–Kier alpha value is -1.99. The van der Waals surface area contributed by atoms with Gasteiger partial charge in [0, 0.05) is 0 Å². The summed E-state index contributed by atoms with van der Waals surface area (Å²) in [7, 11) is 0. The first-order chi connectivity index (χ1) is 9.43. The van der Waals surface area contributed by atoms with Gasteiger partial charge < -0.3 is 25.8 Å². The highest BCUT2D eigenvalue weighted by Gasteiger charge is 2.55. The Kier molecular flexibility index (Phi) is 3.74. The Morgan fingerprint density at radius 3 is 2.90 bits per heavy atom. The maximum atomic E-state index is 11.8. The van der Waals surface area contributed by atoms with Gasteiger partial charge in [0.25, 0.3) is 0 Å². The monoisotopic (exact) mass is 282 g/mol. The minimum atomic E-state index is -2.06. The Balaban J connectivity index is 2.52. The van der Waals surface area contributed by atoms with Crippen LogP contribution in [0, 0.1) is 11.8 Å². The van der Waals surface area contributed by atoms with Crippen molar-refractivity contribution in [2.24, 2.45) is 0 Å². The molecule has 1 aromatic heterocycles. The Bertz CT molecular complexity index is 621. The third kappa shape index (κ3) is 2.14. The number of anilines is 1. The van der Waals surface area contributed by atoms with Crippen LogP contribution in [0.5, 0.6) is 0 Å². The second-order valence-electron chi connectivity index (χ2n) is 4.26. The smallest absolute Gasteiger partial charge is 0.354 e. The molecule has 0 bridgehead atoms. The van der Waals surface area contributed by atoms with Gasteiger partial charge >= 0.3 is 5.69 Å². The average Bonchev–Trinajstić information content (AvgIpc) is 2.63. The summed E-state index contributed by atoms with van der Waals surface area (Å²) in [6.07, 6.45) is -2.90. The number of rotatable bonds is 2. The highest BCUT2D eigenvalue weighted by molar-refractivity contribution is 5.22. The first kappa shape index (κ1) is 14.4. The van der Waals surface area contributed by atoms with Crippen LogP contribution >= 0.6 is 0 Å². The minimum absolute atomic E-state index is 0.228. The van der Waals surface area contributed by atoms with E-state index in [0.717, 1.165) is 10.9 Å². The summed E-state index contributed by atoms with van der Waals surface area (Å²) in [6.45, 7) is 0.909. The molecule has 9 nitrogen and oxygen atoms in total. The number of aliphatic hydroxyl groups is 3. The van der Waals surface area contributed by atoms with E-state index < -0.39 is 36.3 Å². The van der Waals surface area contributed by atoms with Crippen molar-refractivity contribution in [2.75, 3.05) is 12.3 Å². The van der Waals surface area contributed by atoms with Crippen molar-refractivity contribution >= 4 is 5.95 Å². The lowest BCUT2D eigenvalue weighted by atomic mass is 9.94. The Morgan fingerprint density at radius 1 is 1.65 bits per heavy atom. The number of ether oxygens (including phenoxy) is 1. The summed E-state index contributed by atoms with van der Waals surface area (Å²) in [5.41, 5.74) is 2.40. The van der Waals surface area contributed by atoms with Gasteiger partial charge in [-0.05, 0) is 6.92 Å². The Labute approximate surface area is 113 Å². The number of hydrogen-bond donors (Lipinski definition) is 4. The maximum Gasteiger partial charge on any atom is 0.354 e. The fourth-order valence-corrected chi connectivity index (χ4v) is 2.05. The van der Waals surface area contributed by atoms with Gasteiger partial charge in [-0.3, -0.25) is 4.57 Å². The molecule has 3 unspecified atom stereocenters. The Morgan fingerprint density at radius 2 is 2.35 bits per heavy atom. The second kappa shape index (κ2) is 5.18. The molecule has 2 heterocycles. The van der Waals surface area contributed by atoms with Gasteiger partial charge in [0.2, 0.25) is 5.95 Å². The first-order valence-electron chi connectivity index (χ1n) is 5.75. The zero-order valence-electron chi connectivity index (χ0n) is 10.6. The van der Waals surface area contributed by atoms with Crippen LogP contribution < -0.4 is 11.4 Å². The molecule has 20 heavy (non-hydrogen) atoms. The normalized spacial score (nSPS) is 32.7. The van der Waals surface area contributed by atoms with Crippen LogP contribution in [-0.2, 0) is 4.74 Å². The van der Waals surface area contributed by atoms with Crippen molar-refractivity contribution in [3.8, 4) is 11.8 Å². The molecule has 1 saturated heterocycles. The molecule has 0 aromatic carbocycles. The molecule has 0 spiro atoms. The van der Waals surface area contributed by atoms with E-state index in [1.165, 1.54) is 6.92 Å². The number of aliphatic hydroxyl groups excluding tert-OH is 2. The molecule has 5 N–H and O–H groups in total. The summed E-state index contributed by atoms with van der Waals surface area (Å²) >= 11 is 0. The maximum absolute atomic E-state index is 11.8. The molecular formula is C11H14N4O5.